The van der Waals surface area contributed by atoms with Gasteiger partial charge in [0.2, 0.25) is 0 Å². The van der Waals surface area contributed by atoms with Crippen molar-refractivity contribution in [1.29, 1.82) is 0 Å². The number of aliphatic hydroxyl groups is 1. The molecule has 6 nitrogen and oxygen atoms in total. The van der Waals surface area contributed by atoms with E-state index in [1.54, 1.807) is 0 Å². The summed E-state index contributed by atoms with van der Waals surface area (Å²) in [4.78, 5) is 22.9. The Bertz CT molecular complexity index is 442. The number of unbranched alkanes of at least 4 members (excludes halogenated alkanes) is 4. The number of esters is 1. The lowest BCUT2D eigenvalue weighted by Gasteiger charge is -2.28. The van der Waals surface area contributed by atoms with Crippen LogP contribution in [-0.2, 0) is 14.3 Å². The average Bonchev–Trinajstić information content (AvgIpc) is 2.52. The highest BCUT2D eigenvalue weighted by Crippen LogP contribution is 2.10. The van der Waals surface area contributed by atoms with Gasteiger partial charge in [0.05, 0.1) is 33.7 Å². The average molecular weight is 387 g/mol. The lowest BCUT2D eigenvalue weighted by Crippen LogP contribution is -2.43. The molecule has 2 unspecified atom stereocenters. The first-order chi connectivity index (χ1) is 12.6. The fraction of sp³-hybridized carbons (Fsp3) is 0.810. The molecule has 0 aliphatic rings. The molecule has 0 bridgehead atoms. The van der Waals surface area contributed by atoms with Gasteiger partial charge in [-0.05, 0) is 25.7 Å². The first kappa shape index (κ1) is 25.6. The molecule has 27 heavy (non-hydrogen) atoms. The number of rotatable bonds is 16. The lowest BCUT2D eigenvalue weighted by atomic mass is 10.1. The van der Waals surface area contributed by atoms with Crippen molar-refractivity contribution < 1.29 is 29.0 Å². The Morgan fingerprint density at radius 1 is 1.07 bits per heavy atom. The maximum Gasteiger partial charge on any atom is 0.307 e. The summed E-state index contributed by atoms with van der Waals surface area (Å²) in [6.45, 7) is 2.64. The largest absolute Gasteiger partial charge is 0.481 e. The van der Waals surface area contributed by atoms with Crippen molar-refractivity contribution in [2.75, 3.05) is 27.7 Å². The Kier molecular flexibility index (Phi) is 13.9. The summed E-state index contributed by atoms with van der Waals surface area (Å²) < 4.78 is 5.88. The number of aliphatic hydroxyl groups excluding tert-OH is 1. The Hall–Kier alpha value is -1.40. The summed E-state index contributed by atoms with van der Waals surface area (Å²) in [7, 11) is 5.81. The standard InChI is InChI=1S/C21H39NO5/c1-5-6-7-10-13-18(23)14-11-8-9-12-15-21(26)27-19(16-20(24)25)17-22(2,3)4/h8,11,18-19,23H,5-7,9-10,12-17H2,1-4H3/p+1/b11-8+. The zero-order valence-electron chi connectivity index (χ0n) is 17.7. The summed E-state index contributed by atoms with van der Waals surface area (Å²) in [5.41, 5.74) is 0. The fourth-order valence-corrected chi connectivity index (χ4v) is 2.85. The van der Waals surface area contributed by atoms with Crippen molar-refractivity contribution in [2.45, 2.75) is 83.3 Å². The quantitative estimate of drug-likeness (QED) is 0.183. The maximum absolute atomic E-state index is 11.9. The molecule has 0 rings (SSSR count). The highest BCUT2D eigenvalue weighted by Gasteiger charge is 2.24. The van der Waals surface area contributed by atoms with Gasteiger partial charge in [-0.15, -0.1) is 0 Å². The maximum atomic E-state index is 11.9. The van der Waals surface area contributed by atoms with E-state index in [4.69, 9.17) is 9.84 Å². The smallest absolute Gasteiger partial charge is 0.307 e. The van der Waals surface area contributed by atoms with Gasteiger partial charge >= 0.3 is 11.9 Å². The normalized spacial score (nSPS) is 14.3. The van der Waals surface area contributed by atoms with Crippen LogP contribution in [0.5, 0.6) is 0 Å². The molecule has 0 fully saturated rings. The van der Waals surface area contributed by atoms with Crippen molar-refractivity contribution in [3.63, 3.8) is 0 Å². The summed E-state index contributed by atoms with van der Waals surface area (Å²) in [5, 5.41) is 18.8. The van der Waals surface area contributed by atoms with Gasteiger partial charge < -0.3 is 19.4 Å². The van der Waals surface area contributed by atoms with Crippen molar-refractivity contribution in [3.8, 4) is 0 Å². The van der Waals surface area contributed by atoms with Gasteiger partial charge in [0.25, 0.3) is 0 Å². The minimum Gasteiger partial charge on any atom is -0.481 e. The highest BCUT2D eigenvalue weighted by molar-refractivity contribution is 5.71. The Labute approximate surface area is 164 Å². The van der Waals surface area contributed by atoms with E-state index in [0.29, 0.717) is 23.9 Å². The van der Waals surface area contributed by atoms with Gasteiger partial charge in [-0.1, -0.05) is 44.8 Å². The molecule has 0 aromatic heterocycles. The molecule has 0 aliphatic carbocycles. The summed E-state index contributed by atoms with van der Waals surface area (Å²) in [6.07, 6.45) is 10.8. The van der Waals surface area contributed by atoms with Gasteiger partial charge in [0.15, 0.2) is 6.10 Å². The molecule has 0 aromatic carbocycles. The lowest BCUT2D eigenvalue weighted by molar-refractivity contribution is -0.873. The van der Waals surface area contributed by atoms with E-state index in [0.717, 1.165) is 19.3 Å². The van der Waals surface area contributed by atoms with Gasteiger partial charge in [-0.2, -0.15) is 0 Å². The number of nitrogens with zero attached hydrogens (tertiary/aromatic N) is 1. The van der Waals surface area contributed by atoms with E-state index in [1.807, 2.05) is 33.3 Å². The van der Waals surface area contributed by atoms with Crippen molar-refractivity contribution in [2.24, 2.45) is 0 Å². The zero-order chi connectivity index (χ0) is 20.7. The third-order valence-electron chi connectivity index (χ3n) is 4.17. The van der Waals surface area contributed by atoms with E-state index >= 15 is 0 Å². The van der Waals surface area contributed by atoms with Gasteiger partial charge in [0, 0.05) is 6.42 Å². The molecular weight excluding hydrogens is 346 g/mol. The number of aliphatic carboxylic acids is 1. The molecule has 2 N–H and O–H groups in total. The van der Waals surface area contributed by atoms with Gasteiger partial charge in [-0.25, -0.2) is 0 Å². The number of carboxylic acid groups (broad SMARTS) is 1. The number of hydrogen-bond donors (Lipinski definition) is 2. The van der Waals surface area contributed by atoms with Crippen molar-refractivity contribution in [3.05, 3.63) is 12.2 Å². The Morgan fingerprint density at radius 2 is 1.78 bits per heavy atom. The van der Waals surface area contributed by atoms with Crippen LogP contribution in [-0.4, -0.2) is 66.5 Å². The molecule has 158 valence electrons. The van der Waals surface area contributed by atoms with Crippen molar-refractivity contribution >= 4 is 11.9 Å². The molecule has 0 aromatic rings. The number of carbonyl (C=O) groups excluding carboxylic acids is 1. The third kappa shape index (κ3) is 17.8. The molecule has 2 atom stereocenters. The summed E-state index contributed by atoms with van der Waals surface area (Å²) in [5.74, 6) is -1.31. The van der Waals surface area contributed by atoms with E-state index in [-0.39, 0.29) is 24.9 Å². The van der Waals surface area contributed by atoms with E-state index < -0.39 is 12.1 Å². The molecule has 0 aliphatic heterocycles. The second-order valence-corrected chi connectivity index (χ2v) is 8.29. The predicted molar refractivity (Wildman–Crippen MR) is 107 cm³/mol. The van der Waals surface area contributed by atoms with Crippen LogP contribution < -0.4 is 0 Å². The number of carboxylic acids is 1. The molecule has 0 radical (unpaired) electrons. The molecule has 0 heterocycles. The third-order valence-corrected chi connectivity index (χ3v) is 4.17. The molecular formula is C21H40NO5+. The van der Waals surface area contributed by atoms with Crippen LogP contribution in [0.2, 0.25) is 0 Å². The first-order valence-electron chi connectivity index (χ1n) is 10.2. The van der Waals surface area contributed by atoms with Crippen LogP contribution >= 0.6 is 0 Å². The van der Waals surface area contributed by atoms with E-state index in [1.165, 1.54) is 19.3 Å². The second-order valence-electron chi connectivity index (χ2n) is 8.29. The number of ether oxygens (including phenoxy) is 1. The fourth-order valence-electron chi connectivity index (χ4n) is 2.85. The molecule has 6 heteroatoms. The number of allylic oxidation sites excluding steroid dienone is 1. The molecule has 0 saturated heterocycles. The molecule has 0 saturated carbocycles. The first-order valence-corrected chi connectivity index (χ1v) is 10.2. The van der Waals surface area contributed by atoms with Gasteiger partial charge in [-0.3, -0.25) is 9.59 Å². The topological polar surface area (TPSA) is 83.8 Å². The van der Waals surface area contributed by atoms with Crippen LogP contribution in [0.15, 0.2) is 12.2 Å². The van der Waals surface area contributed by atoms with Crippen LogP contribution in [0, 0.1) is 0 Å². The summed E-state index contributed by atoms with van der Waals surface area (Å²) >= 11 is 0. The SMILES string of the molecule is CCCCCCC(O)C/C=C/CCCC(=O)OC(CC(=O)O)C[N+](C)(C)C. The number of quaternary nitrogens is 1. The monoisotopic (exact) mass is 386 g/mol. The predicted octanol–water partition coefficient (Wildman–Crippen LogP) is 3.53. The molecule has 0 spiro atoms. The Balaban J connectivity index is 3.97. The minimum atomic E-state index is -0.961. The van der Waals surface area contributed by atoms with Crippen LogP contribution in [0.1, 0.15) is 71.1 Å². The zero-order valence-corrected chi connectivity index (χ0v) is 17.7. The molecule has 0 amide bonds. The number of hydrogen-bond acceptors (Lipinski definition) is 4. The Morgan fingerprint density at radius 3 is 2.37 bits per heavy atom. The minimum absolute atomic E-state index is 0.169. The second kappa shape index (κ2) is 14.6. The van der Waals surface area contributed by atoms with E-state index in [9.17, 15) is 14.7 Å². The van der Waals surface area contributed by atoms with Crippen molar-refractivity contribution in [1.82, 2.24) is 0 Å². The van der Waals surface area contributed by atoms with Gasteiger partial charge in [0.1, 0.15) is 6.54 Å². The summed E-state index contributed by atoms with van der Waals surface area (Å²) in [6, 6.07) is 0. The van der Waals surface area contributed by atoms with Crippen LogP contribution in [0.25, 0.3) is 0 Å². The van der Waals surface area contributed by atoms with Crippen LogP contribution in [0.4, 0.5) is 0 Å². The van der Waals surface area contributed by atoms with Crippen LogP contribution in [0.3, 0.4) is 0 Å². The number of carbonyl (C=O) groups is 2. The number of likely N-dealkylation sites (N-methyl/N-ethyl adjacent to an activating group) is 1. The van der Waals surface area contributed by atoms with E-state index in [2.05, 4.69) is 6.92 Å². The highest BCUT2D eigenvalue weighted by atomic mass is 16.5.